The molecule has 1 aromatic heterocycles. The Morgan fingerprint density at radius 3 is 3.05 bits per heavy atom. The fourth-order valence-electron chi connectivity index (χ4n) is 2.93. The van der Waals surface area contributed by atoms with Gasteiger partial charge < -0.3 is 11.1 Å². The van der Waals surface area contributed by atoms with E-state index in [-0.39, 0.29) is 11.9 Å². The molecule has 1 atom stereocenters. The minimum absolute atomic E-state index is 0.0447. The van der Waals surface area contributed by atoms with Crippen molar-refractivity contribution in [1.82, 2.24) is 10.3 Å². The maximum atomic E-state index is 12.4. The number of amides is 1. The van der Waals surface area contributed by atoms with Crippen LogP contribution in [0.15, 0.2) is 36.5 Å². The van der Waals surface area contributed by atoms with E-state index in [4.69, 9.17) is 5.73 Å². The second-order valence-corrected chi connectivity index (χ2v) is 5.55. The second kappa shape index (κ2) is 5.56. The van der Waals surface area contributed by atoms with E-state index in [1.807, 2.05) is 37.3 Å². The Balaban J connectivity index is 1.84. The van der Waals surface area contributed by atoms with Crippen LogP contribution in [0.25, 0.3) is 0 Å². The molecule has 1 heterocycles. The predicted molar refractivity (Wildman–Crippen MR) is 83.0 cm³/mol. The normalized spacial score (nSPS) is 17.1. The third-order valence-corrected chi connectivity index (χ3v) is 4.01. The summed E-state index contributed by atoms with van der Waals surface area (Å²) >= 11 is 0. The molecule has 0 fully saturated rings. The van der Waals surface area contributed by atoms with Crippen molar-refractivity contribution < 1.29 is 4.79 Å². The molecule has 0 saturated heterocycles. The lowest BCUT2D eigenvalue weighted by Crippen LogP contribution is -2.32. The quantitative estimate of drug-likeness (QED) is 0.832. The van der Waals surface area contributed by atoms with Gasteiger partial charge in [-0.1, -0.05) is 12.1 Å². The molecule has 3 N–H and O–H groups in total. The van der Waals surface area contributed by atoms with Crippen molar-refractivity contribution in [1.29, 1.82) is 0 Å². The molecule has 3 rings (SSSR count). The van der Waals surface area contributed by atoms with Crippen molar-refractivity contribution in [3.63, 3.8) is 0 Å². The van der Waals surface area contributed by atoms with Gasteiger partial charge in [0.15, 0.2) is 0 Å². The maximum Gasteiger partial charge on any atom is 0.270 e. The first-order chi connectivity index (χ1) is 10.1. The number of nitrogens with one attached hydrogen (secondary N) is 1. The first kappa shape index (κ1) is 13.6. The molecule has 0 radical (unpaired) electrons. The van der Waals surface area contributed by atoms with Crippen LogP contribution >= 0.6 is 0 Å². The number of anilines is 1. The van der Waals surface area contributed by atoms with Gasteiger partial charge in [0.2, 0.25) is 0 Å². The van der Waals surface area contributed by atoms with Crippen molar-refractivity contribution in [2.45, 2.75) is 32.2 Å². The number of pyridine rings is 1. The molecule has 1 aromatic carbocycles. The van der Waals surface area contributed by atoms with Gasteiger partial charge in [0.1, 0.15) is 5.69 Å². The molecule has 0 spiro atoms. The van der Waals surface area contributed by atoms with E-state index in [0.717, 1.165) is 30.5 Å². The highest BCUT2D eigenvalue weighted by Crippen LogP contribution is 2.31. The monoisotopic (exact) mass is 281 g/mol. The number of hydrogen-bond acceptors (Lipinski definition) is 3. The van der Waals surface area contributed by atoms with Crippen LogP contribution in [0.1, 0.15) is 46.1 Å². The van der Waals surface area contributed by atoms with E-state index in [0.29, 0.717) is 5.69 Å². The van der Waals surface area contributed by atoms with Crippen LogP contribution in [0.4, 0.5) is 5.69 Å². The highest BCUT2D eigenvalue weighted by atomic mass is 16.1. The molecular weight excluding hydrogens is 262 g/mol. The van der Waals surface area contributed by atoms with E-state index in [9.17, 15) is 4.79 Å². The van der Waals surface area contributed by atoms with Gasteiger partial charge in [0.25, 0.3) is 5.91 Å². The van der Waals surface area contributed by atoms with Crippen LogP contribution in [0, 0.1) is 6.92 Å². The van der Waals surface area contributed by atoms with Gasteiger partial charge in [-0.2, -0.15) is 0 Å². The number of nitrogen functional groups attached to an aromatic ring is 1. The van der Waals surface area contributed by atoms with Crippen LogP contribution < -0.4 is 11.1 Å². The van der Waals surface area contributed by atoms with Gasteiger partial charge in [-0.25, -0.2) is 0 Å². The van der Waals surface area contributed by atoms with Gasteiger partial charge in [0, 0.05) is 11.9 Å². The number of aromatic nitrogens is 1. The molecule has 0 aliphatic heterocycles. The van der Waals surface area contributed by atoms with E-state index in [1.165, 1.54) is 11.1 Å². The summed E-state index contributed by atoms with van der Waals surface area (Å²) in [5.41, 5.74) is 10.4. The van der Waals surface area contributed by atoms with Crippen molar-refractivity contribution in [3.8, 4) is 0 Å². The number of hydrogen-bond donors (Lipinski definition) is 2. The van der Waals surface area contributed by atoms with Crippen molar-refractivity contribution in [2.24, 2.45) is 0 Å². The third kappa shape index (κ3) is 2.75. The van der Waals surface area contributed by atoms with E-state index in [1.54, 1.807) is 6.20 Å². The maximum absolute atomic E-state index is 12.4. The zero-order valence-electron chi connectivity index (χ0n) is 12.1. The fourth-order valence-corrected chi connectivity index (χ4v) is 2.93. The topological polar surface area (TPSA) is 68.0 Å². The Labute approximate surface area is 124 Å². The Kier molecular flexibility index (Phi) is 3.60. The molecule has 21 heavy (non-hydrogen) atoms. The van der Waals surface area contributed by atoms with E-state index in [2.05, 4.69) is 10.3 Å². The summed E-state index contributed by atoms with van der Waals surface area (Å²) in [6.45, 7) is 1.90. The van der Waals surface area contributed by atoms with Gasteiger partial charge in [-0.3, -0.25) is 9.78 Å². The molecule has 1 aliphatic carbocycles. The lowest BCUT2D eigenvalue weighted by Gasteiger charge is -2.26. The predicted octanol–water partition coefficient (Wildman–Crippen LogP) is 2.78. The van der Waals surface area contributed by atoms with Crippen LogP contribution in [-0.4, -0.2) is 10.9 Å². The molecule has 4 heteroatoms. The minimum Gasteiger partial charge on any atom is -0.399 e. The molecule has 0 bridgehead atoms. The van der Waals surface area contributed by atoms with Crippen molar-refractivity contribution in [3.05, 3.63) is 58.9 Å². The van der Waals surface area contributed by atoms with Crippen LogP contribution in [0.3, 0.4) is 0 Å². The molecule has 0 saturated carbocycles. The summed E-state index contributed by atoms with van der Waals surface area (Å²) in [6, 6.07) is 9.72. The fraction of sp³-hybridized carbons (Fsp3) is 0.294. The standard InChI is InChI=1S/C17H19N3O/c1-11-4-3-9-19-16(11)17(21)20-15-6-2-5-12-10-13(18)7-8-14(12)15/h3-4,7-10,15H,2,5-6,18H2,1H3,(H,20,21). The Hall–Kier alpha value is -2.36. The average molecular weight is 281 g/mol. The first-order valence-corrected chi connectivity index (χ1v) is 7.26. The van der Waals surface area contributed by atoms with Crippen LogP contribution in [0.2, 0.25) is 0 Å². The highest BCUT2D eigenvalue weighted by molar-refractivity contribution is 5.93. The number of carbonyl (C=O) groups is 1. The molecule has 1 aliphatic rings. The Morgan fingerprint density at radius 1 is 1.38 bits per heavy atom. The summed E-state index contributed by atoms with van der Waals surface area (Å²) in [7, 11) is 0. The summed E-state index contributed by atoms with van der Waals surface area (Å²) < 4.78 is 0. The van der Waals surface area contributed by atoms with Gasteiger partial charge >= 0.3 is 0 Å². The SMILES string of the molecule is Cc1cccnc1C(=O)NC1CCCc2cc(N)ccc21. The van der Waals surface area contributed by atoms with Crippen LogP contribution in [0.5, 0.6) is 0 Å². The van der Waals surface area contributed by atoms with Gasteiger partial charge in [-0.15, -0.1) is 0 Å². The first-order valence-electron chi connectivity index (χ1n) is 7.26. The summed E-state index contributed by atoms with van der Waals surface area (Å²) in [4.78, 5) is 16.6. The lowest BCUT2D eigenvalue weighted by atomic mass is 9.87. The lowest BCUT2D eigenvalue weighted by molar-refractivity contribution is 0.0927. The highest BCUT2D eigenvalue weighted by Gasteiger charge is 2.23. The molecule has 4 nitrogen and oxygen atoms in total. The number of benzene rings is 1. The molecule has 1 unspecified atom stereocenters. The van der Waals surface area contributed by atoms with E-state index >= 15 is 0 Å². The number of nitrogens with two attached hydrogens (primary N) is 1. The molecular formula is C17H19N3O. The summed E-state index contributed by atoms with van der Waals surface area (Å²) in [5.74, 6) is -0.109. The zero-order valence-corrected chi connectivity index (χ0v) is 12.1. The number of rotatable bonds is 2. The summed E-state index contributed by atoms with van der Waals surface area (Å²) in [6.07, 6.45) is 4.68. The van der Waals surface area contributed by atoms with Gasteiger partial charge in [-0.05, 0) is 61.1 Å². The smallest absolute Gasteiger partial charge is 0.270 e. The number of aryl methyl sites for hydroxylation is 2. The third-order valence-electron chi connectivity index (χ3n) is 4.01. The molecule has 108 valence electrons. The number of nitrogens with zero attached hydrogens (tertiary/aromatic N) is 1. The molecule has 2 aromatic rings. The molecule has 1 amide bonds. The van der Waals surface area contributed by atoms with Crippen LogP contribution in [-0.2, 0) is 6.42 Å². The minimum atomic E-state index is -0.109. The second-order valence-electron chi connectivity index (χ2n) is 5.55. The Morgan fingerprint density at radius 2 is 2.24 bits per heavy atom. The zero-order chi connectivity index (χ0) is 14.8. The van der Waals surface area contributed by atoms with Gasteiger partial charge in [0.05, 0.1) is 6.04 Å². The number of fused-ring (bicyclic) bond motifs is 1. The summed E-state index contributed by atoms with van der Waals surface area (Å²) in [5, 5.41) is 3.11. The van der Waals surface area contributed by atoms with E-state index < -0.39 is 0 Å². The Bertz CT molecular complexity index is 681. The average Bonchev–Trinajstić information content (AvgIpc) is 2.47. The number of carbonyl (C=O) groups excluding carboxylic acids is 1. The largest absolute Gasteiger partial charge is 0.399 e. The van der Waals surface area contributed by atoms with Crippen molar-refractivity contribution >= 4 is 11.6 Å². The van der Waals surface area contributed by atoms with Crippen molar-refractivity contribution in [2.75, 3.05) is 5.73 Å².